The predicted octanol–water partition coefficient (Wildman–Crippen LogP) is 4.18. The van der Waals surface area contributed by atoms with Crippen molar-refractivity contribution in [3.05, 3.63) is 54.1 Å². The number of phenols is 1. The molecule has 3 aliphatic rings. The van der Waals surface area contributed by atoms with Gasteiger partial charge < -0.3 is 10.3 Å². The van der Waals surface area contributed by atoms with Gasteiger partial charge in [0.2, 0.25) is 0 Å². The number of carbonyl (C=O) groups excluding carboxylic acids is 1. The summed E-state index contributed by atoms with van der Waals surface area (Å²) in [4.78, 5) is 13.9. The van der Waals surface area contributed by atoms with Crippen molar-refractivity contribution in [1.82, 2.24) is 29.2 Å². The van der Waals surface area contributed by atoms with E-state index in [0.717, 1.165) is 82.6 Å². The molecular formula is C25H34CuN6O4P+. The summed E-state index contributed by atoms with van der Waals surface area (Å²) >= 11 is 0. The Bertz CT molecular complexity index is 1140. The third-order valence-corrected chi connectivity index (χ3v) is 10.8. The molecule has 1 radical (unpaired) electrons. The fraction of sp³-hybridized carbons (Fsp3) is 0.480. The second-order valence-electron chi connectivity index (χ2n) is 9.36. The van der Waals surface area contributed by atoms with Gasteiger partial charge in [-0.05, 0) is 68.0 Å². The van der Waals surface area contributed by atoms with E-state index in [1.807, 2.05) is 12.1 Å². The summed E-state index contributed by atoms with van der Waals surface area (Å²) in [5.41, 5.74) is 1.60. The molecule has 3 aromatic rings. The van der Waals surface area contributed by atoms with Crippen molar-refractivity contribution in [1.29, 1.82) is 0 Å². The average Bonchev–Trinajstić information content (AvgIpc) is 3.72. The van der Waals surface area contributed by atoms with E-state index in [1.165, 1.54) is 0 Å². The molecule has 0 spiro atoms. The summed E-state index contributed by atoms with van der Waals surface area (Å²) in [5, 5.41) is 26.2. The van der Waals surface area contributed by atoms with Gasteiger partial charge in [0.1, 0.15) is 22.3 Å². The summed E-state index contributed by atoms with van der Waals surface area (Å²) in [6, 6.07) is 13.9. The van der Waals surface area contributed by atoms with Crippen LogP contribution < -0.4 is 0 Å². The fourth-order valence-electron chi connectivity index (χ4n) is 5.26. The molecule has 12 heteroatoms. The molecule has 2 N–H and O–H groups in total. The number of rotatable bonds is 5. The summed E-state index contributed by atoms with van der Waals surface area (Å²) in [6.07, 6.45) is 6.99. The number of hydrogen-bond acceptors (Lipinski definition) is 9. The molecule has 0 saturated carbocycles. The van der Waals surface area contributed by atoms with Crippen molar-refractivity contribution in [3.8, 4) is 5.75 Å². The van der Waals surface area contributed by atoms with Gasteiger partial charge in [0.05, 0.1) is 0 Å². The zero-order valence-corrected chi connectivity index (χ0v) is 22.6. The summed E-state index contributed by atoms with van der Waals surface area (Å²) in [5.74, 6) is -0.387. The maximum Gasteiger partial charge on any atom is 0.423 e. The van der Waals surface area contributed by atoms with Gasteiger partial charge in [-0.2, -0.15) is 0 Å². The topological polar surface area (TPSA) is 107 Å². The van der Waals surface area contributed by atoms with Crippen LogP contribution in [0.3, 0.4) is 0 Å². The van der Waals surface area contributed by atoms with Gasteiger partial charge in [-0.25, -0.2) is 9.32 Å². The minimum atomic E-state index is -2.34. The summed E-state index contributed by atoms with van der Waals surface area (Å²) in [7, 11) is -2.34. The van der Waals surface area contributed by atoms with Gasteiger partial charge in [0.25, 0.3) is 0 Å². The Labute approximate surface area is 228 Å². The molecule has 3 aliphatic heterocycles. The number of benzene rings is 2. The molecular weight excluding hydrogens is 543 g/mol. The molecule has 0 bridgehead atoms. The smallest absolute Gasteiger partial charge is 0.423 e. The first kappa shape index (κ1) is 27.8. The zero-order chi connectivity index (χ0) is 25.0. The third-order valence-electron chi connectivity index (χ3n) is 7.02. The molecule has 0 amide bonds. The van der Waals surface area contributed by atoms with Crippen LogP contribution in [0.2, 0.25) is 0 Å². The van der Waals surface area contributed by atoms with Crippen LogP contribution in [0.25, 0.3) is 11.0 Å². The van der Waals surface area contributed by atoms with E-state index in [2.05, 4.69) is 24.3 Å². The first-order valence-corrected chi connectivity index (χ1v) is 14.3. The molecule has 37 heavy (non-hydrogen) atoms. The minimum Gasteiger partial charge on any atom is -0.507 e. The van der Waals surface area contributed by atoms with Crippen molar-refractivity contribution in [2.45, 2.75) is 38.5 Å². The first-order chi connectivity index (χ1) is 17.6. The number of hydrogen-bond donors (Lipinski definition) is 2. The van der Waals surface area contributed by atoms with Crippen molar-refractivity contribution in [2.75, 3.05) is 39.3 Å². The molecule has 0 unspecified atom stereocenters. The van der Waals surface area contributed by atoms with Gasteiger partial charge in [-0.15, -0.1) is 19.1 Å². The van der Waals surface area contributed by atoms with E-state index in [0.29, 0.717) is 11.0 Å². The van der Waals surface area contributed by atoms with Crippen molar-refractivity contribution < 1.29 is 36.7 Å². The normalized spacial score (nSPS) is 18.9. The monoisotopic (exact) mass is 576 g/mol. The van der Waals surface area contributed by atoms with E-state index >= 15 is 0 Å². The molecule has 2 aromatic carbocycles. The number of aromatic nitrogens is 3. The van der Waals surface area contributed by atoms with Gasteiger partial charge >= 0.3 is 13.9 Å². The van der Waals surface area contributed by atoms with Crippen LogP contribution in [0.15, 0.2) is 48.5 Å². The standard InChI is InChI=1S/C19H28N3O3P.C6H5N3O.Cu/c23-18-10-2-1-9-17(18)19(24)25-26(20-11-3-4-12-20,21-13-5-6-14-21)22-15-7-8-16-22;10-9-6-4-2-1-3-5(6)7-8-9;/h1-2,9-10H,3-8,11-16H2;1-4,10H;/p+1. The van der Waals surface area contributed by atoms with Crippen LogP contribution in [0.1, 0.15) is 48.9 Å². The van der Waals surface area contributed by atoms with Crippen molar-refractivity contribution in [2.24, 2.45) is 0 Å². The second kappa shape index (κ2) is 12.5. The third kappa shape index (κ3) is 5.77. The average molecular weight is 577 g/mol. The van der Waals surface area contributed by atoms with Gasteiger partial charge in [0.15, 0.2) is 0 Å². The zero-order valence-electron chi connectivity index (χ0n) is 20.7. The number of para-hydroxylation sites is 2. The molecule has 4 heterocycles. The van der Waals surface area contributed by atoms with Gasteiger partial charge in [-0.1, -0.05) is 29.1 Å². The molecule has 0 atom stereocenters. The SMILES string of the molecule is O=C(O[P+](N1CCCC1)(N1CCCC1)N1CCCC1)c1ccccc1O.On1nnc2ccccc21.[Cu]. The molecule has 10 nitrogen and oxygen atoms in total. The van der Waals surface area contributed by atoms with E-state index in [4.69, 9.17) is 9.73 Å². The largest absolute Gasteiger partial charge is 0.507 e. The quantitative estimate of drug-likeness (QED) is 0.263. The molecule has 203 valence electrons. The van der Waals surface area contributed by atoms with Crippen molar-refractivity contribution in [3.63, 3.8) is 0 Å². The molecule has 3 fully saturated rings. The minimum absolute atomic E-state index is 0. The van der Waals surface area contributed by atoms with Gasteiger partial charge in [-0.3, -0.25) is 0 Å². The van der Waals surface area contributed by atoms with E-state index < -0.39 is 7.94 Å². The van der Waals surface area contributed by atoms with Crippen molar-refractivity contribution >= 4 is 24.9 Å². The predicted molar refractivity (Wildman–Crippen MR) is 138 cm³/mol. The van der Waals surface area contributed by atoms with Crippen LogP contribution in [-0.2, 0) is 21.6 Å². The Hall–Kier alpha value is -2.26. The fourth-order valence-corrected chi connectivity index (χ4v) is 9.41. The van der Waals surface area contributed by atoms with Gasteiger partial charge in [0, 0.05) is 56.3 Å². The summed E-state index contributed by atoms with van der Waals surface area (Å²) < 4.78 is 13.8. The van der Waals surface area contributed by atoms with E-state index in [-0.39, 0.29) is 34.4 Å². The van der Waals surface area contributed by atoms with Crippen LogP contribution in [0.5, 0.6) is 5.75 Å². The molecule has 3 saturated heterocycles. The van der Waals surface area contributed by atoms with Crippen LogP contribution >= 0.6 is 7.94 Å². The Morgan fingerprint density at radius 2 is 1.27 bits per heavy atom. The molecule has 6 rings (SSSR count). The summed E-state index contributed by atoms with van der Waals surface area (Å²) in [6.45, 7) is 5.97. The van der Waals surface area contributed by atoms with Crippen LogP contribution in [0, 0.1) is 0 Å². The molecule has 0 aliphatic carbocycles. The second-order valence-corrected chi connectivity index (χ2v) is 12.3. The Balaban J connectivity index is 0.000000244. The van der Waals surface area contributed by atoms with E-state index in [1.54, 1.807) is 36.4 Å². The number of aromatic hydroxyl groups is 1. The Morgan fingerprint density at radius 1 is 0.784 bits per heavy atom. The number of phenolic OH excluding ortho intramolecular Hbond substituents is 1. The molecule has 1 aromatic heterocycles. The Kier molecular flexibility index (Phi) is 9.40. The first-order valence-electron chi connectivity index (χ1n) is 12.8. The number of carbonyl (C=O) groups is 1. The maximum atomic E-state index is 13.1. The van der Waals surface area contributed by atoms with E-state index in [9.17, 15) is 9.90 Å². The van der Waals surface area contributed by atoms with Crippen LogP contribution in [0.4, 0.5) is 0 Å². The number of nitrogens with zero attached hydrogens (tertiary/aromatic N) is 6. The maximum absolute atomic E-state index is 13.1. The van der Waals surface area contributed by atoms with Crippen LogP contribution in [-0.4, -0.2) is 84.7 Å². The number of fused-ring (bicyclic) bond motifs is 1. The Morgan fingerprint density at radius 3 is 1.78 bits per heavy atom.